The van der Waals surface area contributed by atoms with Crippen molar-refractivity contribution in [2.75, 3.05) is 30.8 Å². The molecule has 0 aromatic heterocycles. The van der Waals surface area contributed by atoms with Crippen LogP contribution in [0.15, 0.2) is 18.2 Å². The lowest BCUT2D eigenvalue weighted by Crippen LogP contribution is -2.35. The quantitative estimate of drug-likeness (QED) is 0.862. The highest BCUT2D eigenvalue weighted by molar-refractivity contribution is 6.02. The lowest BCUT2D eigenvalue weighted by atomic mass is 10.1. The number of carbonyl (C=O) groups is 1. The van der Waals surface area contributed by atoms with Crippen LogP contribution < -0.4 is 10.6 Å². The molecular formula is C14H21N3O. The fraction of sp³-hybridized carbons (Fsp3) is 0.500. The van der Waals surface area contributed by atoms with Gasteiger partial charge in [-0.3, -0.25) is 4.79 Å². The summed E-state index contributed by atoms with van der Waals surface area (Å²) in [5, 5.41) is 6.62. The van der Waals surface area contributed by atoms with E-state index >= 15 is 0 Å². The maximum Gasteiger partial charge on any atom is 0.256 e. The van der Waals surface area contributed by atoms with E-state index in [0.717, 1.165) is 36.4 Å². The second kappa shape index (κ2) is 5.29. The number of rotatable bonds is 3. The van der Waals surface area contributed by atoms with Crippen LogP contribution in [-0.4, -0.2) is 37.0 Å². The number of fused-ring (bicyclic) bond motifs is 1. The molecule has 1 aromatic carbocycles. The number of hydrogen-bond acceptors (Lipinski definition) is 3. The van der Waals surface area contributed by atoms with E-state index < -0.39 is 0 Å². The fourth-order valence-electron chi connectivity index (χ4n) is 2.12. The molecule has 18 heavy (non-hydrogen) atoms. The van der Waals surface area contributed by atoms with Crippen molar-refractivity contribution >= 4 is 17.3 Å². The van der Waals surface area contributed by atoms with Gasteiger partial charge in [0.1, 0.15) is 0 Å². The Labute approximate surface area is 108 Å². The predicted molar refractivity (Wildman–Crippen MR) is 75.3 cm³/mol. The van der Waals surface area contributed by atoms with Gasteiger partial charge < -0.3 is 15.5 Å². The average molecular weight is 247 g/mol. The first-order valence-corrected chi connectivity index (χ1v) is 6.53. The fourth-order valence-corrected chi connectivity index (χ4v) is 2.12. The topological polar surface area (TPSA) is 44.4 Å². The van der Waals surface area contributed by atoms with Crippen molar-refractivity contribution in [2.45, 2.75) is 26.3 Å². The minimum absolute atomic E-state index is 0.0809. The van der Waals surface area contributed by atoms with Crippen LogP contribution >= 0.6 is 0 Å². The summed E-state index contributed by atoms with van der Waals surface area (Å²) in [6, 6.07) is 6.07. The molecule has 1 unspecified atom stereocenters. The second-order valence-electron chi connectivity index (χ2n) is 4.76. The van der Waals surface area contributed by atoms with Crippen molar-refractivity contribution in [2.24, 2.45) is 0 Å². The van der Waals surface area contributed by atoms with Crippen LogP contribution in [-0.2, 0) is 0 Å². The van der Waals surface area contributed by atoms with Crippen molar-refractivity contribution in [3.8, 4) is 0 Å². The maximum absolute atomic E-state index is 12.5. The maximum atomic E-state index is 12.5. The summed E-state index contributed by atoms with van der Waals surface area (Å²) in [7, 11) is 1.87. The molecule has 2 rings (SSSR count). The molecule has 0 saturated heterocycles. The Balaban J connectivity index is 2.30. The van der Waals surface area contributed by atoms with E-state index in [2.05, 4.69) is 24.5 Å². The number of amides is 1. The molecule has 1 aromatic rings. The summed E-state index contributed by atoms with van der Waals surface area (Å²) >= 11 is 0. The normalized spacial score (nSPS) is 15.1. The van der Waals surface area contributed by atoms with Crippen LogP contribution in [0.2, 0.25) is 0 Å². The zero-order valence-electron chi connectivity index (χ0n) is 11.3. The Morgan fingerprint density at radius 3 is 2.83 bits per heavy atom. The molecule has 1 amide bonds. The van der Waals surface area contributed by atoms with E-state index in [4.69, 9.17) is 0 Å². The molecule has 0 fully saturated rings. The molecule has 98 valence electrons. The molecule has 0 aliphatic carbocycles. The minimum Gasteiger partial charge on any atom is -0.382 e. The van der Waals surface area contributed by atoms with E-state index in [0.29, 0.717) is 0 Å². The van der Waals surface area contributed by atoms with E-state index in [-0.39, 0.29) is 11.9 Å². The lowest BCUT2D eigenvalue weighted by molar-refractivity contribution is 0.0741. The largest absolute Gasteiger partial charge is 0.382 e. The molecule has 1 aliphatic rings. The number of nitrogens with one attached hydrogen (secondary N) is 2. The van der Waals surface area contributed by atoms with E-state index in [1.807, 2.05) is 30.1 Å². The summed E-state index contributed by atoms with van der Waals surface area (Å²) in [4.78, 5) is 14.3. The first kappa shape index (κ1) is 12.7. The third-order valence-electron chi connectivity index (χ3n) is 3.61. The van der Waals surface area contributed by atoms with Gasteiger partial charge in [0, 0.05) is 26.2 Å². The summed E-state index contributed by atoms with van der Waals surface area (Å²) in [6.07, 6.45) is 0.961. The highest BCUT2D eigenvalue weighted by Gasteiger charge is 2.21. The van der Waals surface area contributed by atoms with Crippen LogP contribution in [0.1, 0.15) is 30.6 Å². The van der Waals surface area contributed by atoms with Gasteiger partial charge in [-0.25, -0.2) is 0 Å². The van der Waals surface area contributed by atoms with Crippen molar-refractivity contribution in [3.05, 3.63) is 23.8 Å². The van der Waals surface area contributed by atoms with Crippen LogP contribution in [0.5, 0.6) is 0 Å². The van der Waals surface area contributed by atoms with Crippen LogP contribution in [0.25, 0.3) is 0 Å². The smallest absolute Gasteiger partial charge is 0.256 e. The summed E-state index contributed by atoms with van der Waals surface area (Å²) in [5.41, 5.74) is 2.70. The Kier molecular flexibility index (Phi) is 3.75. The summed E-state index contributed by atoms with van der Waals surface area (Å²) in [5.74, 6) is 0.0809. The second-order valence-corrected chi connectivity index (χ2v) is 4.76. The Morgan fingerprint density at radius 2 is 2.11 bits per heavy atom. The molecule has 0 spiro atoms. The molecule has 0 radical (unpaired) electrons. The molecule has 2 N–H and O–H groups in total. The van der Waals surface area contributed by atoms with Gasteiger partial charge in [0.05, 0.1) is 16.9 Å². The van der Waals surface area contributed by atoms with Crippen LogP contribution in [0, 0.1) is 0 Å². The van der Waals surface area contributed by atoms with Gasteiger partial charge in [-0.05, 0) is 25.5 Å². The van der Waals surface area contributed by atoms with Gasteiger partial charge in [0.15, 0.2) is 0 Å². The first-order chi connectivity index (χ1) is 8.65. The Hall–Kier alpha value is -1.71. The van der Waals surface area contributed by atoms with Gasteiger partial charge >= 0.3 is 0 Å². The standard InChI is InChI=1S/C14H21N3O/c1-4-10(2)17(3)14(18)11-6-5-7-12-13(11)16-9-8-15-12/h5-7,10,15-16H,4,8-9H2,1-3H3. The van der Waals surface area contributed by atoms with Gasteiger partial charge in [-0.2, -0.15) is 0 Å². The number of carbonyl (C=O) groups excluding carboxylic acids is 1. The molecule has 0 saturated carbocycles. The number of anilines is 2. The van der Waals surface area contributed by atoms with Gasteiger partial charge in [-0.1, -0.05) is 13.0 Å². The SMILES string of the molecule is CCC(C)N(C)C(=O)c1cccc2c1NCCN2. The average Bonchev–Trinajstić information content (AvgIpc) is 2.44. The highest BCUT2D eigenvalue weighted by atomic mass is 16.2. The number of benzene rings is 1. The van der Waals surface area contributed by atoms with Crippen LogP contribution in [0.4, 0.5) is 11.4 Å². The highest BCUT2D eigenvalue weighted by Crippen LogP contribution is 2.29. The molecule has 1 atom stereocenters. The summed E-state index contributed by atoms with van der Waals surface area (Å²) < 4.78 is 0. The molecule has 1 aliphatic heterocycles. The molecule has 4 nitrogen and oxygen atoms in total. The molecule has 1 heterocycles. The van der Waals surface area contributed by atoms with Gasteiger partial charge in [0.25, 0.3) is 5.91 Å². The third-order valence-corrected chi connectivity index (χ3v) is 3.61. The monoisotopic (exact) mass is 247 g/mol. The van der Waals surface area contributed by atoms with E-state index in [9.17, 15) is 4.79 Å². The number of para-hydroxylation sites is 1. The van der Waals surface area contributed by atoms with Crippen molar-refractivity contribution < 1.29 is 4.79 Å². The minimum atomic E-state index is 0.0809. The number of nitrogens with zero attached hydrogens (tertiary/aromatic N) is 1. The van der Waals surface area contributed by atoms with E-state index in [1.165, 1.54) is 0 Å². The van der Waals surface area contributed by atoms with Crippen molar-refractivity contribution in [3.63, 3.8) is 0 Å². The molecule has 4 heteroatoms. The Morgan fingerprint density at radius 1 is 1.39 bits per heavy atom. The zero-order chi connectivity index (χ0) is 13.1. The van der Waals surface area contributed by atoms with Crippen molar-refractivity contribution in [1.29, 1.82) is 0 Å². The van der Waals surface area contributed by atoms with Crippen molar-refractivity contribution in [1.82, 2.24) is 4.90 Å². The zero-order valence-corrected chi connectivity index (χ0v) is 11.3. The first-order valence-electron chi connectivity index (χ1n) is 6.53. The number of hydrogen-bond donors (Lipinski definition) is 2. The lowest BCUT2D eigenvalue weighted by Gasteiger charge is -2.27. The Bertz CT molecular complexity index is 445. The van der Waals surface area contributed by atoms with Crippen LogP contribution in [0.3, 0.4) is 0 Å². The third kappa shape index (κ3) is 2.28. The van der Waals surface area contributed by atoms with Gasteiger partial charge in [0.2, 0.25) is 0 Å². The van der Waals surface area contributed by atoms with Gasteiger partial charge in [-0.15, -0.1) is 0 Å². The summed E-state index contributed by atoms with van der Waals surface area (Å²) in [6.45, 7) is 5.91. The predicted octanol–water partition coefficient (Wildman–Crippen LogP) is 2.39. The van der Waals surface area contributed by atoms with E-state index in [1.54, 1.807) is 0 Å². The molecular weight excluding hydrogens is 226 g/mol. The molecule has 0 bridgehead atoms.